The summed E-state index contributed by atoms with van der Waals surface area (Å²) in [4.78, 5) is 32.8. The molecule has 2 aliphatic heterocycles. The number of carboxylic acids is 1. The summed E-state index contributed by atoms with van der Waals surface area (Å²) in [6, 6.07) is 4.10. The fourth-order valence-electron chi connectivity index (χ4n) is 6.83. The van der Waals surface area contributed by atoms with Crippen molar-refractivity contribution < 1.29 is 41.4 Å². The van der Waals surface area contributed by atoms with Crippen LogP contribution in [0, 0.1) is 11.6 Å². The third-order valence-electron chi connectivity index (χ3n) is 8.74. The van der Waals surface area contributed by atoms with Gasteiger partial charge in [0.05, 0.1) is 36.6 Å². The van der Waals surface area contributed by atoms with Crippen molar-refractivity contribution in [2.24, 2.45) is 0 Å². The first kappa shape index (κ1) is 34.6. The minimum atomic E-state index is -3.20. The van der Waals surface area contributed by atoms with Crippen LogP contribution in [0.2, 0.25) is 0 Å². The first-order chi connectivity index (χ1) is 22.0. The third-order valence-corrected chi connectivity index (χ3v) is 8.74. The van der Waals surface area contributed by atoms with E-state index in [-0.39, 0.29) is 17.7 Å². The number of hydrogen-bond donors (Lipinski definition) is 2. The average molecular weight is 665 g/mol. The van der Waals surface area contributed by atoms with Crippen LogP contribution in [0.5, 0.6) is 0 Å². The zero-order valence-corrected chi connectivity index (χ0v) is 27.2. The van der Waals surface area contributed by atoms with Crippen LogP contribution in [0.4, 0.5) is 32.4 Å². The number of nitrogens with zero attached hydrogens (tertiary/aromatic N) is 3. The lowest BCUT2D eigenvalue weighted by atomic mass is 9.87. The lowest BCUT2D eigenvalue weighted by Gasteiger charge is -2.42. The average Bonchev–Trinajstić information content (AvgIpc) is 3.55. The van der Waals surface area contributed by atoms with E-state index in [1.165, 1.54) is 21.9 Å². The highest BCUT2D eigenvalue weighted by atomic mass is 19.3. The number of carboxylic acid groups (broad SMARTS) is 1. The molecule has 0 bridgehead atoms. The first-order valence-corrected chi connectivity index (χ1v) is 15.8. The molecule has 1 fully saturated rings. The lowest BCUT2D eigenvalue weighted by Crippen LogP contribution is -2.48. The van der Waals surface area contributed by atoms with Gasteiger partial charge in [-0.3, -0.25) is 14.2 Å². The molecule has 1 saturated heterocycles. The molecular weight excluding hydrogens is 623 g/mol. The van der Waals surface area contributed by atoms with Gasteiger partial charge in [0.15, 0.2) is 0 Å². The Morgan fingerprint density at radius 2 is 1.79 bits per heavy atom. The van der Waals surface area contributed by atoms with Gasteiger partial charge in [-0.1, -0.05) is 6.07 Å². The number of nitrogens with one attached hydrogen (secondary N) is 1. The predicted molar refractivity (Wildman–Crippen MR) is 168 cm³/mol. The van der Waals surface area contributed by atoms with Crippen LogP contribution in [-0.4, -0.2) is 88.4 Å². The number of aromatic nitrogens is 1. The largest absolute Gasteiger partial charge is 0.478 e. The molecule has 0 aliphatic carbocycles. The molecule has 3 atom stereocenters. The fourth-order valence-corrected chi connectivity index (χ4v) is 6.83. The Kier molecular flexibility index (Phi) is 9.62. The maximum absolute atomic E-state index is 16.5. The predicted octanol–water partition coefficient (Wildman–Crippen LogP) is 7.31. The SMILES string of the molecule is C[C@@H]1Cc2c([nH]c3cc(C(=O)O)ccc23)[C@@H](c2c(F)cc(N(C(=O)OC(C)(C)C)[C@H]3CCN(CCCF)C3)cc2F)N1CC(C)(F)F. The van der Waals surface area contributed by atoms with Crippen LogP contribution >= 0.6 is 0 Å². The van der Waals surface area contributed by atoms with Gasteiger partial charge in [-0.25, -0.2) is 27.2 Å². The second-order valence-electron chi connectivity index (χ2n) is 13.7. The van der Waals surface area contributed by atoms with Crippen molar-refractivity contribution in [1.82, 2.24) is 14.8 Å². The molecule has 8 nitrogen and oxygen atoms in total. The molecule has 2 aliphatic rings. The van der Waals surface area contributed by atoms with Crippen molar-refractivity contribution in [3.05, 3.63) is 64.4 Å². The van der Waals surface area contributed by atoms with Gasteiger partial charge in [-0.05, 0) is 76.8 Å². The monoisotopic (exact) mass is 664 g/mol. The molecule has 0 spiro atoms. The standard InChI is InChI=1S/C34H41F5N4O4/c1-19-13-24-23-8-7-20(31(44)45)14-27(23)40-29(24)30(42(19)18-34(5,38)39)28-25(36)15-22(16-26(28)37)43(32(46)47-33(2,3)4)21-9-12-41(17-21)11-6-10-35/h7-8,14-16,19,21,30,40H,6,9-13,17-18H2,1-5H3,(H,44,45)/t19-,21+,30-/m1/s1. The Hall–Kier alpha value is -3.71. The number of fused-ring (bicyclic) bond motifs is 3. The van der Waals surface area contributed by atoms with E-state index in [9.17, 15) is 27.9 Å². The molecule has 47 heavy (non-hydrogen) atoms. The maximum Gasteiger partial charge on any atom is 0.415 e. The Bertz CT molecular complexity index is 1630. The van der Waals surface area contributed by atoms with Gasteiger partial charge < -0.3 is 19.7 Å². The van der Waals surface area contributed by atoms with Gasteiger partial charge in [-0.15, -0.1) is 0 Å². The lowest BCUT2D eigenvalue weighted by molar-refractivity contribution is -0.0374. The third kappa shape index (κ3) is 7.40. The van der Waals surface area contributed by atoms with Crippen LogP contribution in [0.1, 0.15) is 80.7 Å². The van der Waals surface area contributed by atoms with Gasteiger partial charge in [0, 0.05) is 54.8 Å². The molecule has 13 heteroatoms. The zero-order chi connectivity index (χ0) is 34.4. The number of ether oxygens (including phenoxy) is 1. The first-order valence-electron chi connectivity index (χ1n) is 15.8. The van der Waals surface area contributed by atoms with Gasteiger partial charge in [0.25, 0.3) is 5.92 Å². The van der Waals surface area contributed by atoms with E-state index in [1.807, 2.05) is 4.90 Å². The van der Waals surface area contributed by atoms with Crippen LogP contribution in [0.25, 0.3) is 10.9 Å². The number of aromatic carboxylic acids is 1. The topological polar surface area (TPSA) is 89.1 Å². The summed E-state index contributed by atoms with van der Waals surface area (Å²) >= 11 is 0. The number of carbonyl (C=O) groups is 2. The molecule has 3 heterocycles. The van der Waals surface area contributed by atoms with Gasteiger partial charge >= 0.3 is 12.1 Å². The van der Waals surface area contributed by atoms with E-state index in [1.54, 1.807) is 33.8 Å². The smallest absolute Gasteiger partial charge is 0.415 e. The van der Waals surface area contributed by atoms with Gasteiger partial charge in [0.1, 0.15) is 17.2 Å². The van der Waals surface area contributed by atoms with E-state index in [0.29, 0.717) is 54.6 Å². The maximum atomic E-state index is 16.5. The number of hydrogen-bond acceptors (Lipinski definition) is 5. The molecule has 2 aromatic carbocycles. The quantitative estimate of drug-likeness (QED) is 0.233. The Morgan fingerprint density at radius 1 is 1.11 bits per heavy atom. The molecular formula is C34H41F5N4O4. The number of amides is 1. The summed E-state index contributed by atoms with van der Waals surface area (Å²) in [5.74, 6) is -6.45. The molecule has 1 amide bonds. The van der Waals surface area contributed by atoms with E-state index >= 15 is 8.78 Å². The Morgan fingerprint density at radius 3 is 2.38 bits per heavy atom. The number of benzene rings is 2. The van der Waals surface area contributed by atoms with Gasteiger partial charge in [-0.2, -0.15) is 0 Å². The second-order valence-corrected chi connectivity index (χ2v) is 13.7. The summed E-state index contributed by atoms with van der Waals surface area (Å²) in [6.07, 6.45) is 0.264. The van der Waals surface area contributed by atoms with E-state index in [0.717, 1.165) is 19.1 Å². The van der Waals surface area contributed by atoms with Crippen LogP contribution in [0.15, 0.2) is 30.3 Å². The number of H-pyrrole nitrogens is 1. The number of halogens is 5. The molecule has 3 aromatic rings. The van der Waals surface area contributed by atoms with Crippen molar-refractivity contribution in [3.63, 3.8) is 0 Å². The van der Waals surface area contributed by atoms with E-state index in [2.05, 4.69) is 4.98 Å². The highest BCUT2D eigenvalue weighted by molar-refractivity contribution is 5.95. The normalized spacial score (nSPS) is 20.9. The number of likely N-dealkylation sites (tertiary alicyclic amines) is 1. The number of rotatable bonds is 9. The zero-order valence-electron chi connectivity index (χ0n) is 27.2. The second kappa shape index (κ2) is 13.1. The van der Waals surface area contributed by atoms with Crippen molar-refractivity contribution in [2.75, 3.05) is 37.8 Å². The molecule has 256 valence electrons. The van der Waals surface area contributed by atoms with E-state index < -0.39 is 72.1 Å². The van der Waals surface area contributed by atoms with Gasteiger partial charge in [0.2, 0.25) is 0 Å². The molecule has 0 radical (unpaired) electrons. The van der Waals surface area contributed by atoms with Crippen molar-refractivity contribution in [3.8, 4) is 0 Å². The summed E-state index contributed by atoms with van der Waals surface area (Å²) in [5.41, 5.74) is -0.122. The van der Waals surface area contributed by atoms with Crippen molar-refractivity contribution in [2.45, 2.75) is 83.5 Å². The summed E-state index contributed by atoms with van der Waals surface area (Å²) in [5, 5.41) is 10.1. The number of anilines is 1. The minimum Gasteiger partial charge on any atom is -0.478 e. The fraction of sp³-hybridized carbons (Fsp3) is 0.529. The molecule has 0 unspecified atom stereocenters. The summed E-state index contributed by atoms with van der Waals surface area (Å²) in [6.45, 7) is 7.55. The van der Waals surface area contributed by atoms with Crippen LogP contribution in [0.3, 0.4) is 0 Å². The van der Waals surface area contributed by atoms with E-state index in [4.69, 9.17) is 4.74 Å². The number of alkyl halides is 3. The highest BCUT2D eigenvalue weighted by Gasteiger charge is 2.43. The molecule has 2 N–H and O–H groups in total. The minimum absolute atomic E-state index is 0.00300. The molecule has 1 aromatic heterocycles. The Balaban J connectivity index is 1.62. The van der Waals surface area contributed by atoms with Crippen molar-refractivity contribution in [1.29, 1.82) is 0 Å². The van der Waals surface area contributed by atoms with Crippen molar-refractivity contribution >= 4 is 28.7 Å². The molecule has 0 saturated carbocycles. The highest BCUT2D eigenvalue weighted by Crippen LogP contribution is 2.44. The van der Waals surface area contributed by atoms with Crippen LogP contribution in [-0.2, 0) is 11.2 Å². The number of aromatic amines is 1. The summed E-state index contributed by atoms with van der Waals surface area (Å²) < 4.78 is 80.6. The Labute approximate surface area is 270 Å². The molecule has 5 rings (SSSR count). The number of carbonyl (C=O) groups excluding carboxylic acids is 1. The van der Waals surface area contributed by atoms with Crippen LogP contribution < -0.4 is 4.90 Å². The summed E-state index contributed by atoms with van der Waals surface area (Å²) in [7, 11) is 0.